The summed E-state index contributed by atoms with van der Waals surface area (Å²) in [5.74, 6) is 0.580. The van der Waals surface area contributed by atoms with Gasteiger partial charge in [-0.1, -0.05) is 84.0 Å². The largest absolute Gasteiger partial charge is 0.372 e. The van der Waals surface area contributed by atoms with Gasteiger partial charge in [0.15, 0.2) is 10.9 Å². The second-order valence-corrected chi connectivity index (χ2v) is 11.9. The number of thioether (sulfide) groups is 1. The van der Waals surface area contributed by atoms with Crippen LogP contribution in [0.2, 0.25) is 0 Å². The van der Waals surface area contributed by atoms with Crippen molar-refractivity contribution in [1.29, 1.82) is 0 Å². The number of ether oxygens (including phenoxy) is 1. The fourth-order valence-corrected chi connectivity index (χ4v) is 6.56. The molecule has 1 atom stereocenters. The summed E-state index contributed by atoms with van der Waals surface area (Å²) in [6.07, 6.45) is 0.823. The van der Waals surface area contributed by atoms with Crippen molar-refractivity contribution >= 4 is 55.0 Å². The molecule has 0 amide bonds. The van der Waals surface area contributed by atoms with E-state index in [9.17, 15) is 9.59 Å². The van der Waals surface area contributed by atoms with Crippen LogP contribution in [0.15, 0.2) is 69.0 Å². The van der Waals surface area contributed by atoms with E-state index in [-0.39, 0.29) is 23.2 Å². The number of hydrogen-bond acceptors (Lipinski definition) is 6. The minimum atomic E-state index is -0.0423. The van der Waals surface area contributed by atoms with Crippen molar-refractivity contribution in [2.45, 2.75) is 44.7 Å². The van der Waals surface area contributed by atoms with Crippen LogP contribution in [-0.4, -0.2) is 27.2 Å². The first-order valence-corrected chi connectivity index (χ1v) is 14.1. The maximum absolute atomic E-state index is 13.9. The highest BCUT2D eigenvalue weighted by Gasteiger charge is 2.28. The van der Waals surface area contributed by atoms with E-state index in [0.29, 0.717) is 35.2 Å². The van der Waals surface area contributed by atoms with Crippen molar-refractivity contribution in [3.63, 3.8) is 0 Å². The summed E-state index contributed by atoms with van der Waals surface area (Å²) in [6.45, 7) is 5.22. The molecule has 8 heteroatoms. The number of aromatic nitrogens is 2. The van der Waals surface area contributed by atoms with Gasteiger partial charge in [-0.15, -0.1) is 11.3 Å². The molecule has 35 heavy (non-hydrogen) atoms. The molecular weight excluding hydrogens is 544 g/mol. The van der Waals surface area contributed by atoms with Crippen molar-refractivity contribution in [1.82, 2.24) is 9.55 Å². The zero-order valence-corrected chi connectivity index (χ0v) is 22.7. The van der Waals surface area contributed by atoms with Crippen molar-refractivity contribution in [3.8, 4) is 0 Å². The molecule has 0 aliphatic carbocycles. The van der Waals surface area contributed by atoms with Crippen molar-refractivity contribution < 1.29 is 9.53 Å². The molecule has 0 fully saturated rings. The third-order valence-electron chi connectivity index (χ3n) is 6.22. The van der Waals surface area contributed by atoms with E-state index < -0.39 is 0 Å². The molecule has 0 unspecified atom stereocenters. The molecule has 0 radical (unpaired) electrons. The molecule has 0 saturated heterocycles. The highest BCUT2D eigenvalue weighted by atomic mass is 79.9. The van der Waals surface area contributed by atoms with E-state index in [4.69, 9.17) is 9.72 Å². The topological polar surface area (TPSA) is 61.2 Å². The number of thiophene rings is 1. The van der Waals surface area contributed by atoms with Gasteiger partial charge in [-0.05, 0) is 29.2 Å². The van der Waals surface area contributed by atoms with Gasteiger partial charge in [0.2, 0.25) is 0 Å². The molecule has 4 aromatic rings. The quantitative estimate of drug-likeness (QED) is 0.148. The summed E-state index contributed by atoms with van der Waals surface area (Å²) in [7, 11) is 0. The van der Waals surface area contributed by atoms with Crippen molar-refractivity contribution in [3.05, 3.63) is 91.0 Å². The average Bonchev–Trinajstić information content (AvgIpc) is 3.23. The van der Waals surface area contributed by atoms with Crippen LogP contribution in [0.4, 0.5) is 0 Å². The molecule has 0 spiro atoms. The smallest absolute Gasteiger partial charge is 0.263 e. The molecule has 2 aromatic carbocycles. The fraction of sp³-hybridized carbons (Fsp3) is 0.296. The molecule has 2 aromatic heterocycles. The SMILES string of the molecule is CC(C)[C@H]1Cc2c(sc3nc(SCC(=O)c4ccc(Br)cc4)n(Cc4ccccc4)c(=O)c23)CO1. The number of rotatable bonds is 7. The van der Waals surface area contributed by atoms with E-state index in [1.54, 1.807) is 16.7 Å². The lowest BCUT2D eigenvalue weighted by Gasteiger charge is -2.26. The zero-order valence-electron chi connectivity index (χ0n) is 19.5. The van der Waals surface area contributed by atoms with Gasteiger partial charge in [-0.2, -0.15) is 0 Å². The van der Waals surface area contributed by atoms with Gasteiger partial charge in [0.1, 0.15) is 4.83 Å². The minimum absolute atomic E-state index is 0.00163. The molecule has 1 aliphatic heterocycles. The van der Waals surface area contributed by atoms with Crippen LogP contribution >= 0.6 is 39.0 Å². The van der Waals surface area contributed by atoms with Gasteiger partial charge in [0, 0.05) is 21.3 Å². The maximum atomic E-state index is 13.9. The lowest BCUT2D eigenvalue weighted by Crippen LogP contribution is -2.29. The summed E-state index contributed by atoms with van der Waals surface area (Å²) < 4.78 is 8.70. The standard InChI is InChI=1S/C27H25BrN2O3S2/c1-16(2)22-12-20-23(14-33-22)35-25-24(20)26(32)30(13-17-6-4-3-5-7-17)27(29-25)34-15-21(31)18-8-10-19(28)11-9-18/h3-11,16,22H,12-15H2,1-2H3/t22-/m1/s1. The lowest BCUT2D eigenvalue weighted by molar-refractivity contribution is 0.00200. The van der Waals surface area contributed by atoms with Gasteiger partial charge in [-0.3, -0.25) is 14.2 Å². The molecule has 180 valence electrons. The highest BCUT2D eigenvalue weighted by Crippen LogP contribution is 2.36. The number of benzene rings is 2. The Morgan fingerprint density at radius 2 is 1.94 bits per heavy atom. The van der Waals surface area contributed by atoms with Gasteiger partial charge in [0.05, 0.1) is 30.4 Å². The predicted molar refractivity (Wildman–Crippen MR) is 146 cm³/mol. The van der Waals surface area contributed by atoms with Crippen LogP contribution in [0.5, 0.6) is 0 Å². The third-order valence-corrected chi connectivity index (χ3v) is 8.82. The van der Waals surface area contributed by atoms with Crippen LogP contribution in [0, 0.1) is 5.92 Å². The summed E-state index contributed by atoms with van der Waals surface area (Å²) in [4.78, 5) is 33.5. The Morgan fingerprint density at radius 3 is 2.66 bits per heavy atom. The normalized spacial score (nSPS) is 15.5. The van der Waals surface area contributed by atoms with Crippen LogP contribution < -0.4 is 5.56 Å². The number of halogens is 1. The number of nitrogens with zero attached hydrogens (tertiary/aromatic N) is 2. The first kappa shape index (κ1) is 24.4. The van der Waals surface area contributed by atoms with E-state index in [0.717, 1.165) is 31.7 Å². The Balaban J connectivity index is 1.54. The first-order chi connectivity index (χ1) is 16.9. The van der Waals surface area contributed by atoms with Crippen LogP contribution in [-0.2, 0) is 24.3 Å². The monoisotopic (exact) mass is 568 g/mol. The average molecular weight is 570 g/mol. The number of ketones is 1. The lowest BCUT2D eigenvalue weighted by atomic mass is 9.96. The second-order valence-electron chi connectivity index (χ2n) is 8.97. The van der Waals surface area contributed by atoms with Crippen molar-refractivity contribution in [2.75, 3.05) is 5.75 Å². The molecule has 0 N–H and O–H groups in total. The molecule has 1 aliphatic rings. The predicted octanol–water partition coefficient (Wildman–Crippen LogP) is 6.34. The zero-order chi connectivity index (χ0) is 24.5. The van der Waals surface area contributed by atoms with E-state index in [1.165, 1.54) is 23.1 Å². The molecule has 0 bridgehead atoms. The number of fused-ring (bicyclic) bond motifs is 3. The van der Waals surface area contributed by atoms with Crippen molar-refractivity contribution in [2.24, 2.45) is 5.92 Å². The van der Waals surface area contributed by atoms with Crippen LogP contribution in [0.3, 0.4) is 0 Å². The summed E-state index contributed by atoms with van der Waals surface area (Å²) in [6, 6.07) is 17.2. The summed E-state index contributed by atoms with van der Waals surface area (Å²) in [5.41, 5.74) is 2.70. The van der Waals surface area contributed by atoms with Crippen LogP contribution in [0.25, 0.3) is 10.2 Å². The third kappa shape index (κ3) is 5.16. The number of Topliss-reactive ketones (excluding diaryl/α,β-unsaturated/α-hetero) is 1. The first-order valence-electron chi connectivity index (χ1n) is 11.5. The molecule has 5 nitrogen and oxygen atoms in total. The van der Waals surface area contributed by atoms with E-state index in [1.807, 2.05) is 42.5 Å². The molecule has 5 rings (SSSR count). The minimum Gasteiger partial charge on any atom is -0.372 e. The Labute approximate surface area is 220 Å². The Bertz CT molecular complexity index is 1430. The van der Waals surface area contributed by atoms with Gasteiger partial charge >= 0.3 is 0 Å². The van der Waals surface area contributed by atoms with E-state index >= 15 is 0 Å². The molecular formula is C27H25BrN2O3S2. The Hall–Kier alpha value is -2.26. The maximum Gasteiger partial charge on any atom is 0.263 e. The fourth-order valence-electron chi connectivity index (χ4n) is 4.23. The van der Waals surface area contributed by atoms with Gasteiger partial charge < -0.3 is 4.74 Å². The second kappa shape index (κ2) is 10.4. The molecule has 0 saturated carbocycles. The van der Waals surface area contributed by atoms with Gasteiger partial charge in [-0.25, -0.2) is 4.98 Å². The highest BCUT2D eigenvalue weighted by molar-refractivity contribution is 9.10. The number of hydrogen-bond donors (Lipinski definition) is 0. The number of carbonyl (C=O) groups is 1. The summed E-state index contributed by atoms with van der Waals surface area (Å²) in [5, 5.41) is 1.27. The van der Waals surface area contributed by atoms with Crippen LogP contribution in [0.1, 0.15) is 40.2 Å². The Morgan fingerprint density at radius 1 is 1.20 bits per heavy atom. The number of carbonyl (C=O) groups excluding carboxylic acids is 1. The Kier molecular flexibility index (Phi) is 7.25. The molecule has 3 heterocycles. The van der Waals surface area contributed by atoms with E-state index in [2.05, 4.69) is 29.8 Å². The van der Waals surface area contributed by atoms with Gasteiger partial charge in [0.25, 0.3) is 5.56 Å². The summed E-state index contributed by atoms with van der Waals surface area (Å²) >= 11 is 6.26.